The Kier molecular flexibility index (Phi) is 3.25. The van der Waals surface area contributed by atoms with Gasteiger partial charge in [0.25, 0.3) is 0 Å². The highest BCUT2D eigenvalue weighted by molar-refractivity contribution is 9.11. The number of ketones is 1. The van der Waals surface area contributed by atoms with E-state index in [1.807, 2.05) is 12.1 Å². The second kappa shape index (κ2) is 4.51. The second-order valence-electron chi connectivity index (χ2n) is 3.33. The number of rotatable bonds is 2. The number of aromatic nitrogens is 2. The van der Waals surface area contributed by atoms with Crippen LogP contribution in [0.15, 0.2) is 39.4 Å². The normalized spacial score (nSPS) is 10.4. The molecule has 82 valence electrons. The minimum absolute atomic E-state index is 0.0891. The monoisotopic (exact) mass is 342 g/mol. The third-order valence-corrected chi connectivity index (χ3v) is 3.30. The maximum Gasteiger partial charge on any atom is 0.214 e. The van der Waals surface area contributed by atoms with Gasteiger partial charge in [0.1, 0.15) is 5.69 Å². The molecular weight excluding hydrogens is 336 g/mol. The van der Waals surface area contributed by atoms with E-state index < -0.39 is 0 Å². The fraction of sp³-hybridized carbons (Fsp3) is 0.0909. The summed E-state index contributed by atoms with van der Waals surface area (Å²) in [4.78, 5) is 12.1. The van der Waals surface area contributed by atoms with Crippen LogP contribution in [-0.4, -0.2) is 15.6 Å². The van der Waals surface area contributed by atoms with Gasteiger partial charge in [0, 0.05) is 27.8 Å². The zero-order chi connectivity index (χ0) is 11.7. The average molecular weight is 344 g/mol. The topological polar surface area (TPSA) is 34.9 Å². The first-order chi connectivity index (χ1) is 7.58. The Morgan fingerprint density at radius 2 is 2.06 bits per heavy atom. The van der Waals surface area contributed by atoms with Crippen molar-refractivity contribution in [3.63, 3.8) is 0 Å². The van der Waals surface area contributed by atoms with E-state index in [0.717, 1.165) is 8.95 Å². The maximum atomic E-state index is 12.1. The quantitative estimate of drug-likeness (QED) is 0.785. The van der Waals surface area contributed by atoms with Gasteiger partial charge >= 0.3 is 0 Å². The second-order valence-corrected chi connectivity index (χ2v) is 5.10. The molecule has 0 aliphatic rings. The summed E-state index contributed by atoms with van der Waals surface area (Å²) < 4.78 is 3.25. The number of halogens is 2. The summed E-state index contributed by atoms with van der Waals surface area (Å²) in [5.41, 5.74) is 1.05. The summed E-state index contributed by atoms with van der Waals surface area (Å²) in [6.07, 6.45) is 1.75. The number of hydrogen-bond donors (Lipinski definition) is 0. The number of nitrogens with zero attached hydrogens (tertiary/aromatic N) is 2. The number of carbonyl (C=O) groups is 1. The van der Waals surface area contributed by atoms with Crippen molar-refractivity contribution in [2.45, 2.75) is 0 Å². The Morgan fingerprint density at radius 1 is 1.31 bits per heavy atom. The molecule has 0 amide bonds. The molecule has 0 aliphatic heterocycles. The summed E-state index contributed by atoms with van der Waals surface area (Å²) >= 11 is 6.70. The van der Waals surface area contributed by atoms with E-state index in [2.05, 4.69) is 37.0 Å². The minimum atomic E-state index is -0.0891. The molecule has 2 rings (SSSR count). The lowest BCUT2D eigenvalue weighted by Gasteiger charge is -2.02. The predicted octanol–water partition coefficient (Wildman–Crippen LogP) is 3.18. The summed E-state index contributed by atoms with van der Waals surface area (Å²) in [7, 11) is 1.78. The zero-order valence-electron chi connectivity index (χ0n) is 8.45. The molecule has 1 heterocycles. The van der Waals surface area contributed by atoms with Crippen molar-refractivity contribution in [2.24, 2.45) is 7.05 Å². The van der Waals surface area contributed by atoms with Crippen LogP contribution in [0.1, 0.15) is 16.1 Å². The average Bonchev–Trinajstić information content (AvgIpc) is 2.67. The fourth-order valence-corrected chi connectivity index (χ4v) is 2.13. The molecule has 0 radical (unpaired) electrons. The van der Waals surface area contributed by atoms with Crippen LogP contribution in [0, 0.1) is 0 Å². The van der Waals surface area contributed by atoms with Gasteiger partial charge < -0.3 is 0 Å². The Balaban J connectivity index is 2.45. The zero-order valence-corrected chi connectivity index (χ0v) is 11.6. The molecule has 0 unspecified atom stereocenters. The lowest BCUT2D eigenvalue weighted by atomic mass is 10.1. The van der Waals surface area contributed by atoms with E-state index in [9.17, 15) is 4.79 Å². The van der Waals surface area contributed by atoms with Crippen molar-refractivity contribution in [3.8, 4) is 0 Å². The number of aryl methyl sites for hydroxylation is 1. The molecular formula is C11H8Br2N2O. The van der Waals surface area contributed by atoms with E-state index in [0.29, 0.717) is 11.3 Å². The first-order valence-corrected chi connectivity index (χ1v) is 6.16. The van der Waals surface area contributed by atoms with Gasteiger partial charge in [-0.3, -0.25) is 9.48 Å². The van der Waals surface area contributed by atoms with E-state index in [1.54, 1.807) is 30.1 Å². The molecule has 0 spiro atoms. The lowest BCUT2D eigenvalue weighted by molar-refractivity contribution is 0.103. The summed E-state index contributed by atoms with van der Waals surface area (Å²) in [5.74, 6) is -0.0891. The minimum Gasteiger partial charge on any atom is -0.287 e. The Bertz CT molecular complexity index is 549. The molecule has 1 aromatic carbocycles. The molecule has 5 heteroatoms. The van der Waals surface area contributed by atoms with Crippen molar-refractivity contribution >= 4 is 37.6 Å². The van der Waals surface area contributed by atoms with Crippen LogP contribution in [0.25, 0.3) is 0 Å². The van der Waals surface area contributed by atoms with Crippen molar-refractivity contribution in [3.05, 3.63) is 50.7 Å². The van der Waals surface area contributed by atoms with Gasteiger partial charge in [0.05, 0.1) is 0 Å². The van der Waals surface area contributed by atoms with Gasteiger partial charge in [-0.25, -0.2) is 0 Å². The highest BCUT2D eigenvalue weighted by atomic mass is 79.9. The SMILES string of the molecule is Cn1ccc(C(=O)c2cc(Br)ccc2Br)n1. The van der Waals surface area contributed by atoms with Gasteiger partial charge in [0.15, 0.2) is 0 Å². The highest BCUT2D eigenvalue weighted by Crippen LogP contribution is 2.23. The van der Waals surface area contributed by atoms with Crippen molar-refractivity contribution in [2.75, 3.05) is 0 Å². The molecule has 1 aromatic heterocycles. The van der Waals surface area contributed by atoms with E-state index in [1.165, 1.54) is 0 Å². The van der Waals surface area contributed by atoms with Gasteiger partial charge in [-0.15, -0.1) is 0 Å². The number of carbonyl (C=O) groups excluding carboxylic acids is 1. The molecule has 0 saturated carbocycles. The van der Waals surface area contributed by atoms with Crippen LogP contribution in [0.2, 0.25) is 0 Å². The van der Waals surface area contributed by atoms with Crippen LogP contribution in [0.3, 0.4) is 0 Å². The van der Waals surface area contributed by atoms with Crippen LogP contribution in [-0.2, 0) is 7.05 Å². The Labute approximate surface area is 110 Å². The van der Waals surface area contributed by atoms with Crippen LogP contribution < -0.4 is 0 Å². The first-order valence-electron chi connectivity index (χ1n) is 4.57. The van der Waals surface area contributed by atoms with Gasteiger partial charge in [-0.2, -0.15) is 5.10 Å². The number of benzene rings is 1. The summed E-state index contributed by atoms with van der Waals surface area (Å²) in [6.45, 7) is 0. The third kappa shape index (κ3) is 2.25. The molecule has 0 atom stereocenters. The molecule has 2 aromatic rings. The molecule has 0 aliphatic carbocycles. The van der Waals surface area contributed by atoms with Crippen molar-refractivity contribution in [1.29, 1.82) is 0 Å². The molecule has 16 heavy (non-hydrogen) atoms. The summed E-state index contributed by atoms with van der Waals surface area (Å²) in [5, 5.41) is 4.09. The predicted molar refractivity (Wildman–Crippen MR) is 68.5 cm³/mol. The van der Waals surface area contributed by atoms with Crippen LogP contribution >= 0.6 is 31.9 Å². The van der Waals surface area contributed by atoms with E-state index in [4.69, 9.17) is 0 Å². The molecule has 0 fully saturated rings. The molecule has 0 saturated heterocycles. The molecule has 3 nitrogen and oxygen atoms in total. The smallest absolute Gasteiger partial charge is 0.214 e. The Hall–Kier alpha value is -0.940. The highest BCUT2D eigenvalue weighted by Gasteiger charge is 2.15. The van der Waals surface area contributed by atoms with E-state index >= 15 is 0 Å². The fourth-order valence-electron chi connectivity index (χ4n) is 1.35. The lowest BCUT2D eigenvalue weighted by Crippen LogP contribution is -2.04. The Morgan fingerprint density at radius 3 is 2.69 bits per heavy atom. The molecule has 0 N–H and O–H groups in total. The van der Waals surface area contributed by atoms with Crippen molar-refractivity contribution in [1.82, 2.24) is 9.78 Å². The van der Waals surface area contributed by atoms with Gasteiger partial charge in [0.2, 0.25) is 5.78 Å². The molecule has 0 bridgehead atoms. The van der Waals surface area contributed by atoms with E-state index in [-0.39, 0.29) is 5.78 Å². The summed E-state index contributed by atoms with van der Waals surface area (Å²) in [6, 6.07) is 7.19. The number of hydrogen-bond acceptors (Lipinski definition) is 2. The van der Waals surface area contributed by atoms with Crippen molar-refractivity contribution < 1.29 is 4.79 Å². The van der Waals surface area contributed by atoms with Gasteiger partial charge in [-0.1, -0.05) is 31.9 Å². The van der Waals surface area contributed by atoms with Crippen LogP contribution in [0.4, 0.5) is 0 Å². The largest absolute Gasteiger partial charge is 0.287 e. The maximum absolute atomic E-state index is 12.1. The first kappa shape index (κ1) is 11.5. The van der Waals surface area contributed by atoms with Gasteiger partial charge in [-0.05, 0) is 24.3 Å². The standard InChI is InChI=1S/C11H8Br2N2O/c1-15-5-4-10(14-15)11(16)8-6-7(12)2-3-9(8)13/h2-6H,1H3. The third-order valence-electron chi connectivity index (χ3n) is 2.12. The van der Waals surface area contributed by atoms with Crippen LogP contribution in [0.5, 0.6) is 0 Å².